The SMILES string of the molecule is C#CC(C)(/C=C\C1=C(C)CCCC1(C)C)O[Si](CC)(CC)CC. The molecule has 0 heterocycles. The summed E-state index contributed by atoms with van der Waals surface area (Å²) in [6, 6.07) is 3.37. The molecule has 0 saturated carbocycles. The molecule has 0 amide bonds. The normalized spacial score (nSPS) is 21.3. The third-order valence-electron chi connectivity index (χ3n) is 5.76. The van der Waals surface area contributed by atoms with Crippen LogP contribution in [0.4, 0.5) is 0 Å². The van der Waals surface area contributed by atoms with E-state index >= 15 is 0 Å². The summed E-state index contributed by atoms with van der Waals surface area (Å²) < 4.78 is 6.61. The third kappa shape index (κ3) is 4.84. The van der Waals surface area contributed by atoms with Gasteiger partial charge in [-0.1, -0.05) is 52.2 Å². The second-order valence-corrected chi connectivity index (χ2v) is 12.6. The summed E-state index contributed by atoms with van der Waals surface area (Å²) in [5.41, 5.74) is 2.60. The molecule has 23 heavy (non-hydrogen) atoms. The van der Waals surface area contributed by atoms with Crippen LogP contribution in [-0.4, -0.2) is 13.9 Å². The molecular formula is C21H36OSi. The molecule has 1 nitrogen and oxygen atoms in total. The van der Waals surface area contributed by atoms with E-state index in [1.807, 2.05) is 0 Å². The van der Waals surface area contributed by atoms with E-state index in [9.17, 15) is 0 Å². The minimum Gasteiger partial charge on any atom is -0.398 e. The molecule has 0 aromatic rings. The first-order valence-electron chi connectivity index (χ1n) is 9.25. The zero-order valence-electron chi connectivity index (χ0n) is 16.4. The summed E-state index contributed by atoms with van der Waals surface area (Å²) >= 11 is 0. The van der Waals surface area contributed by atoms with Crippen LogP contribution in [0.25, 0.3) is 0 Å². The lowest BCUT2D eigenvalue weighted by atomic mass is 9.72. The number of rotatable bonds is 7. The molecular weight excluding hydrogens is 296 g/mol. The zero-order chi connectivity index (χ0) is 17.7. The number of terminal acetylenes is 1. The Morgan fingerprint density at radius 3 is 2.26 bits per heavy atom. The van der Waals surface area contributed by atoms with Crippen LogP contribution in [-0.2, 0) is 4.43 Å². The molecule has 1 atom stereocenters. The average molecular weight is 333 g/mol. The lowest BCUT2D eigenvalue weighted by Crippen LogP contribution is -2.44. The zero-order valence-corrected chi connectivity index (χ0v) is 17.4. The second kappa shape index (κ2) is 7.86. The summed E-state index contributed by atoms with van der Waals surface area (Å²) in [6.45, 7) is 15.7. The second-order valence-electron chi connectivity index (χ2n) is 7.86. The monoisotopic (exact) mass is 332 g/mol. The van der Waals surface area contributed by atoms with Crippen molar-refractivity contribution in [3.63, 3.8) is 0 Å². The molecule has 0 fully saturated rings. The average Bonchev–Trinajstić information content (AvgIpc) is 2.52. The van der Waals surface area contributed by atoms with Crippen LogP contribution < -0.4 is 0 Å². The molecule has 0 aromatic carbocycles. The standard InChI is InChI=1S/C21H36OSi/c1-9-21(8,22-23(10-2,11-3)12-4)17-15-19-18(5)14-13-16-20(19,6)7/h1,15,17H,10-14,16H2,2-8H3/b17-15-. The highest BCUT2D eigenvalue weighted by Gasteiger charge is 2.36. The quantitative estimate of drug-likeness (QED) is 0.383. The lowest BCUT2D eigenvalue weighted by molar-refractivity contribution is 0.186. The first-order chi connectivity index (χ1) is 10.7. The van der Waals surface area contributed by atoms with Gasteiger partial charge in [0.1, 0.15) is 5.60 Å². The van der Waals surface area contributed by atoms with E-state index in [0.29, 0.717) is 0 Å². The Morgan fingerprint density at radius 1 is 1.26 bits per heavy atom. The lowest BCUT2D eigenvalue weighted by Gasteiger charge is -2.37. The van der Waals surface area contributed by atoms with Gasteiger partial charge in [0.2, 0.25) is 0 Å². The van der Waals surface area contributed by atoms with Crippen molar-refractivity contribution in [1.29, 1.82) is 0 Å². The first-order valence-corrected chi connectivity index (χ1v) is 11.8. The van der Waals surface area contributed by atoms with Gasteiger partial charge in [0.05, 0.1) is 0 Å². The molecule has 130 valence electrons. The summed E-state index contributed by atoms with van der Waals surface area (Å²) in [5, 5.41) is 0. The van der Waals surface area contributed by atoms with Gasteiger partial charge in [0.25, 0.3) is 0 Å². The Labute approximate surface area is 145 Å². The van der Waals surface area contributed by atoms with Crippen LogP contribution >= 0.6 is 0 Å². The van der Waals surface area contributed by atoms with Crippen LogP contribution in [0.15, 0.2) is 23.3 Å². The Bertz CT molecular complexity index is 494. The fourth-order valence-corrected chi connectivity index (χ4v) is 6.74. The molecule has 1 aliphatic carbocycles. The highest BCUT2D eigenvalue weighted by molar-refractivity contribution is 6.73. The van der Waals surface area contributed by atoms with Crippen LogP contribution in [0.2, 0.25) is 18.1 Å². The van der Waals surface area contributed by atoms with Crippen molar-refractivity contribution in [2.45, 2.75) is 91.5 Å². The molecule has 0 aromatic heterocycles. The largest absolute Gasteiger partial charge is 0.398 e. The summed E-state index contributed by atoms with van der Waals surface area (Å²) in [5.74, 6) is 2.92. The predicted octanol–water partition coefficient (Wildman–Crippen LogP) is 6.48. The van der Waals surface area contributed by atoms with E-state index in [0.717, 1.165) is 18.1 Å². The third-order valence-corrected chi connectivity index (χ3v) is 10.5. The van der Waals surface area contributed by atoms with E-state index in [1.165, 1.54) is 30.4 Å². The van der Waals surface area contributed by atoms with E-state index in [-0.39, 0.29) is 5.41 Å². The van der Waals surface area contributed by atoms with Gasteiger partial charge in [-0.2, -0.15) is 0 Å². The molecule has 2 heteroatoms. The van der Waals surface area contributed by atoms with Crippen LogP contribution in [0.1, 0.15) is 67.7 Å². The molecule has 0 bridgehead atoms. The van der Waals surface area contributed by atoms with Crippen molar-refractivity contribution in [2.75, 3.05) is 0 Å². The maximum Gasteiger partial charge on any atom is 0.194 e. The van der Waals surface area contributed by atoms with Gasteiger partial charge < -0.3 is 4.43 Å². The van der Waals surface area contributed by atoms with Gasteiger partial charge in [0, 0.05) is 0 Å². The predicted molar refractivity (Wildman–Crippen MR) is 105 cm³/mol. The van der Waals surface area contributed by atoms with Gasteiger partial charge >= 0.3 is 0 Å². The summed E-state index contributed by atoms with van der Waals surface area (Å²) in [6.07, 6.45) is 14.0. The Balaban J connectivity index is 3.09. The van der Waals surface area contributed by atoms with E-state index in [2.05, 4.69) is 66.5 Å². The fourth-order valence-electron chi connectivity index (χ4n) is 3.78. The Kier molecular flexibility index (Phi) is 6.92. The van der Waals surface area contributed by atoms with Gasteiger partial charge in [0.15, 0.2) is 8.32 Å². The maximum absolute atomic E-state index is 6.61. The Morgan fingerprint density at radius 2 is 1.83 bits per heavy atom. The molecule has 1 rings (SSSR count). The van der Waals surface area contributed by atoms with Crippen LogP contribution in [0.5, 0.6) is 0 Å². The number of hydrogen-bond acceptors (Lipinski definition) is 1. The summed E-state index contributed by atoms with van der Waals surface area (Å²) in [4.78, 5) is 0. The van der Waals surface area contributed by atoms with Crippen molar-refractivity contribution in [1.82, 2.24) is 0 Å². The number of hydrogen-bond donors (Lipinski definition) is 0. The van der Waals surface area contributed by atoms with E-state index in [4.69, 9.17) is 10.8 Å². The van der Waals surface area contributed by atoms with E-state index in [1.54, 1.807) is 0 Å². The van der Waals surface area contributed by atoms with Gasteiger partial charge in [-0.05, 0) is 68.3 Å². The fraction of sp³-hybridized carbons (Fsp3) is 0.714. The highest BCUT2D eigenvalue weighted by atomic mass is 28.4. The topological polar surface area (TPSA) is 9.23 Å². The molecule has 0 saturated heterocycles. The minimum atomic E-state index is -1.72. The maximum atomic E-state index is 6.61. The van der Waals surface area contributed by atoms with Gasteiger partial charge in [-0.3, -0.25) is 0 Å². The molecule has 0 N–H and O–H groups in total. The van der Waals surface area contributed by atoms with Crippen LogP contribution in [0, 0.1) is 17.8 Å². The molecule has 0 radical (unpaired) electrons. The van der Waals surface area contributed by atoms with Gasteiger partial charge in [-0.25, -0.2) is 0 Å². The van der Waals surface area contributed by atoms with Crippen LogP contribution in [0.3, 0.4) is 0 Å². The molecule has 1 unspecified atom stereocenters. The molecule has 0 aliphatic heterocycles. The van der Waals surface area contributed by atoms with Crippen molar-refractivity contribution in [3.8, 4) is 12.3 Å². The Hall–Kier alpha value is -0.783. The molecule has 0 spiro atoms. The first kappa shape index (κ1) is 20.3. The smallest absolute Gasteiger partial charge is 0.194 e. The van der Waals surface area contributed by atoms with Gasteiger partial charge in [-0.15, -0.1) is 6.42 Å². The van der Waals surface area contributed by atoms with Crippen molar-refractivity contribution in [3.05, 3.63) is 23.3 Å². The minimum absolute atomic E-state index is 0.239. The van der Waals surface area contributed by atoms with Crippen molar-refractivity contribution >= 4 is 8.32 Å². The van der Waals surface area contributed by atoms with Crippen molar-refractivity contribution in [2.24, 2.45) is 5.41 Å². The van der Waals surface area contributed by atoms with Crippen molar-refractivity contribution < 1.29 is 4.43 Å². The van der Waals surface area contributed by atoms with E-state index < -0.39 is 13.9 Å². The number of allylic oxidation sites excluding steroid dienone is 3. The summed E-state index contributed by atoms with van der Waals surface area (Å²) in [7, 11) is -1.72. The highest BCUT2D eigenvalue weighted by Crippen LogP contribution is 2.41. The molecule has 1 aliphatic rings.